The molecule has 0 amide bonds. The maximum atomic E-state index is 11.9. The molecule has 16 heavy (non-hydrogen) atoms. The summed E-state index contributed by atoms with van der Waals surface area (Å²) in [4.78, 5) is 23.8. The van der Waals surface area contributed by atoms with Crippen LogP contribution >= 0.6 is 15.9 Å². The van der Waals surface area contributed by atoms with Crippen molar-refractivity contribution >= 4 is 27.5 Å². The standard InChI is InChI=1S/C12H10BrNO2/c1-5-3-7-8(4-6(5)2)12(16)10(14)9(13)11(7)15/h3-4H,14H2,1-2H3. The van der Waals surface area contributed by atoms with E-state index in [0.29, 0.717) is 11.1 Å². The highest BCUT2D eigenvalue weighted by Gasteiger charge is 2.29. The fraction of sp³-hybridized carbons (Fsp3) is 0.167. The molecular formula is C12H10BrNO2. The lowest BCUT2D eigenvalue weighted by Gasteiger charge is -2.16. The highest BCUT2D eigenvalue weighted by molar-refractivity contribution is 9.12. The second-order valence-corrected chi connectivity index (χ2v) is 4.66. The monoisotopic (exact) mass is 279 g/mol. The molecule has 0 heterocycles. The van der Waals surface area contributed by atoms with Gasteiger partial charge in [0.15, 0.2) is 0 Å². The molecule has 1 aromatic rings. The summed E-state index contributed by atoms with van der Waals surface area (Å²) in [5, 5.41) is 0. The van der Waals surface area contributed by atoms with E-state index in [2.05, 4.69) is 15.9 Å². The summed E-state index contributed by atoms with van der Waals surface area (Å²) in [6.07, 6.45) is 0. The van der Waals surface area contributed by atoms with Gasteiger partial charge in [0.25, 0.3) is 0 Å². The molecule has 0 saturated heterocycles. The number of aryl methyl sites for hydroxylation is 2. The smallest absolute Gasteiger partial charge is 0.210 e. The number of ketones is 2. The zero-order valence-electron chi connectivity index (χ0n) is 8.93. The molecule has 0 atom stereocenters. The number of carbonyl (C=O) groups excluding carboxylic acids is 2. The first-order chi connectivity index (χ1) is 7.43. The number of halogens is 1. The summed E-state index contributed by atoms with van der Waals surface area (Å²) in [7, 11) is 0. The highest BCUT2D eigenvalue weighted by Crippen LogP contribution is 2.29. The van der Waals surface area contributed by atoms with Gasteiger partial charge in [-0.3, -0.25) is 9.59 Å². The minimum absolute atomic E-state index is 0.0132. The third kappa shape index (κ3) is 1.41. The molecule has 0 aliphatic heterocycles. The largest absolute Gasteiger partial charge is 0.395 e. The Morgan fingerprint density at radius 3 is 1.94 bits per heavy atom. The average Bonchev–Trinajstić information content (AvgIpc) is 2.26. The molecule has 0 bridgehead atoms. The van der Waals surface area contributed by atoms with Gasteiger partial charge in [0, 0.05) is 11.1 Å². The van der Waals surface area contributed by atoms with Crippen LogP contribution in [0.1, 0.15) is 31.8 Å². The minimum Gasteiger partial charge on any atom is -0.395 e. The van der Waals surface area contributed by atoms with Crippen molar-refractivity contribution in [1.82, 2.24) is 0 Å². The van der Waals surface area contributed by atoms with Crippen LogP contribution < -0.4 is 5.73 Å². The number of fused-ring (bicyclic) bond motifs is 1. The van der Waals surface area contributed by atoms with Crippen molar-refractivity contribution in [1.29, 1.82) is 0 Å². The van der Waals surface area contributed by atoms with Gasteiger partial charge in [-0.1, -0.05) is 0 Å². The van der Waals surface area contributed by atoms with Crippen molar-refractivity contribution in [2.45, 2.75) is 13.8 Å². The summed E-state index contributed by atoms with van der Waals surface area (Å²) in [6.45, 7) is 3.81. The third-order valence-electron chi connectivity index (χ3n) is 2.80. The lowest BCUT2D eigenvalue weighted by Crippen LogP contribution is -2.24. The number of hydrogen-bond donors (Lipinski definition) is 1. The predicted octanol–water partition coefficient (Wildman–Crippen LogP) is 2.25. The van der Waals surface area contributed by atoms with Crippen LogP contribution in [0.5, 0.6) is 0 Å². The molecule has 82 valence electrons. The summed E-state index contributed by atoms with van der Waals surface area (Å²) >= 11 is 3.06. The van der Waals surface area contributed by atoms with Gasteiger partial charge < -0.3 is 5.73 Å². The quantitative estimate of drug-likeness (QED) is 0.792. The van der Waals surface area contributed by atoms with Crippen LogP contribution in [-0.4, -0.2) is 11.6 Å². The lowest BCUT2D eigenvalue weighted by molar-refractivity contribution is 0.0981. The van der Waals surface area contributed by atoms with E-state index in [4.69, 9.17) is 5.73 Å². The van der Waals surface area contributed by atoms with Crippen molar-refractivity contribution in [2.75, 3.05) is 0 Å². The Morgan fingerprint density at radius 2 is 1.44 bits per heavy atom. The first-order valence-corrected chi connectivity index (χ1v) is 5.58. The summed E-state index contributed by atoms with van der Waals surface area (Å²) < 4.78 is 0.160. The van der Waals surface area contributed by atoms with E-state index in [1.807, 2.05) is 13.8 Å². The van der Waals surface area contributed by atoms with Crippen molar-refractivity contribution in [3.63, 3.8) is 0 Å². The zero-order chi connectivity index (χ0) is 12.0. The van der Waals surface area contributed by atoms with E-state index >= 15 is 0 Å². The second kappa shape index (κ2) is 3.56. The Bertz CT molecular complexity index is 509. The second-order valence-electron chi connectivity index (χ2n) is 3.87. The number of benzene rings is 1. The Morgan fingerprint density at radius 1 is 1.00 bits per heavy atom. The first kappa shape index (κ1) is 11.1. The Hall–Kier alpha value is -1.42. The molecule has 0 saturated carbocycles. The summed E-state index contributed by atoms with van der Waals surface area (Å²) in [5.41, 5.74) is 8.35. The van der Waals surface area contributed by atoms with Crippen LogP contribution in [0.3, 0.4) is 0 Å². The molecule has 1 aliphatic rings. The molecule has 0 radical (unpaired) electrons. The lowest BCUT2D eigenvalue weighted by atomic mass is 9.89. The number of rotatable bonds is 0. The molecule has 0 aromatic heterocycles. The van der Waals surface area contributed by atoms with E-state index < -0.39 is 0 Å². The number of allylic oxidation sites excluding steroid dienone is 2. The normalized spacial score (nSPS) is 15.4. The molecular weight excluding hydrogens is 270 g/mol. The molecule has 3 nitrogen and oxygen atoms in total. The van der Waals surface area contributed by atoms with Gasteiger partial charge in [-0.15, -0.1) is 0 Å². The van der Waals surface area contributed by atoms with Crippen molar-refractivity contribution in [2.24, 2.45) is 5.73 Å². The Labute approximate surface area is 101 Å². The van der Waals surface area contributed by atoms with E-state index in [9.17, 15) is 9.59 Å². The topological polar surface area (TPSA) is 60.2 Å². The number of Topliss-reactive ketones (excluding diaryl/α,β-unsaturated/α-hetero) is 2. The molecule has 1 aromatic carbocycles. The van der Waals surface area contributed by atoms with Crippen molar-refractivity contribution in [3.05, 3.63) is 44.6 Å². The van der Waals surface area contributed by atoms with E-state index in [1.165, 1.54) is 0 Å². The number of carbonyl (C=O) groups is 2. The Balaban J connectivity index is 2.76. The minimum atomic E-state index is -0.287. The van der Waals surface area contributed by atoms with Gasteiger partial charge in [-0.25, -0.2) is 0 Å². The van der Waals surface area contributed by atoms with Crippen LogP contribution in [0.25, 0.3) is 0 Å². The molecule has 0 spiro atoms. The third-order valence-corrected chi connectivity index (χ3v) is 3.59. The average molecular weight is 280 g/mol. The number of hydrogen-bond acceptors (Lipinski definition) is 3. The molecule has 1 aliphatic carbocycles. The molecule has 2 rings (SSSR count). The van der Waals surface area contributed by atoms with E-state index in [-0.39, 0.29) is 21.7 Å². The van der Waals surface area contributed by atoms with Crippen LogP contribution in [-0.2, 0) is 0 Å². The van der Waals surface area contributed by atoms with E-state index in [0.717, 1.165) is 11.1 Å². The first-order valence-electron chi connectivity index (χ1n) is 4.79. The molecule has 0 fully saturated rings. The Kier molecular flexibility index (Phi) is 2.46. The SMILES string of the molecule is Cc1cc2c(cc1C)C(=O)C(Br)=C(N)C2=O. The van der Waals surface area contributed by atoms with Gasteiger partial charge in [-0.05, 0) is 53.0 Å². The molecule has 2 N–H and O–H groups in total. The highest BCUT2D eigenvalue weighted by atomic mass is 79.9. The summed E-state index contributed by atoms with van der Waals surface area (Å²) in [6, 6.07) is 3.45. The van der Waals surface area contributed by atoms with Gasteiger partial charge in [0.2, 0.25) is 11.6 Å². The number of nitrogens with two attached hydrogens (primary N) is 1. The van der Waals surface area contributed by atoms with Crippen LogP contribution in [0.15, 0.2) is 22.3 Å². The van der Waals surface area contributed by atoms with Gasteiger partial charge >= 0.3 is 0 Å². The van der Waals surface area contributed by atoms with Crippen LogP contribution in [0.4, 0.5) is 0 Å². The fourth-order valence-electron chi connectivity index (χ4n) is 1.68. The van der Waals surface area contributed by atoms with Crippen molar-refractivity contribution < 1.29 is 9.59 Å². The maximum absolute atomic E-state index is 11.9. The predicted molar refractivity (Wildman–Crippen MR) is 64.7 cm³/mol. The molecule has 0 unspecified atom stereocenters. The van der Waals surface area contributed by atoms with Gasteiger partial charge in [0.1, 0.15) is 0 Å². The van der Waals surface area contributed by atoms with Gasteiger partial charge in [0.05, 0.1) is 10.2 Å². The van der Waals surface area contributed by atoms with Gasteiger partial charge in [-0.2, -0.15) is 0 Å². The fourth-order valence-corrected chi connectivity index (χ4v) is 2.07. The molecule has 4 heteroatoms. The zero-order valence-corrected chi connectivity index (χ0v) is 10.5. The van der Waals surface area contributed by atoms with Crippen molar-refractivity contribution in [3.8, 4) is 0 Å². The summed E-state index contributed by atoms with van der Waals surface area (Å²) in [5.74, 6) is -0.514. The van der Waals surface area contributed by atoms with Crippen LogP contribution in [0.2, 0.25) is 0 Å². The maximum Gasteiger partial charge on any atom is 0.210 e. The van der Waals surface area contributed by atoms with Crippen LogP contribution in [0, 0.1) is 13.8 Å². The van der Waals surface area contributed by atoms with E-state index in [1.54, 1.807) is 12.1 Å².